The summed E-state index contributed by atoms with van der Waals surface area (Å²) < 4.78 is 14.9. The number of nitrogens with one attached hydrogen (secondary N) is 1. The molecule has 0 aliphatic rings. The molecule has 1 N–H and O–H groups in total. The average Bonchev–Trinajstić information content (AvgIpc) is 2.41. The van der Waals surface area contributed by atoms with Crippen molar-refractivity contribution < 1.29 is 4.39 Å². The minimum absolute atomic E-state index is 0.210. The quantitative estimate of drug-likeness (QED) is 0.880. The molecule has 0 aliphatic carbocycles. The lowest BCUT2D eigenvalue weighted by Crippen LogP contribution is -2.11. The minimum atomic E-state index is -0.210. The summed E-state index contributed by atoms with van der Waals surface area (Å²) in [6, 6.07) is 9.04. The van der Waals surface area contributed by atoms with Crippen LogP contribution in [0.5, 0.6) is 0 Å². The Hall–Kier alpha value is -0.910. The fraction of sp³-hybridized carbons (Fsp3) is 0.214. The van der Waals surface area contributed by atoms with Crippen molar-refractivity contribution in [3.8, 4) is 0 Å². The zero-order chi connectivity index (χ0) is 13.7. The van der Waals surface area contributed by atoms with Gasteiger partial charge in [0.15, 0.2) is 0 Å². The van der Waals surface area contributed by atoms with Gasteiger partial charge in [0, 0.05) is 17.6 Å². The number of hydrogen-bond acceptors (Lipinski definition) is 3. The van der Waals surface area contributed by atoms with Crippen LogP contribution in [-0.2, 0) is 6.54 Å². The maximum absolute atomic E-state index is 14.0. The topological polar surface area (TPSA) is 24.9 Å². The molecule has 0 radical (unpaired) electrons. The van der Waals surface area contributed by atoms with Gasteiger partial charge >= 0.3 is 0 Å². The maximum Gasteiger partial charge on any atom is 0.137 e. The van der Waals surface area contributed by atoms with Gasteiger partial charge in [0.2, 0.25) is 0 Å². The molecule has 0 saturated carbocycles. The Balaban J connectivity index is 2.15. The molecule has 1 heterocycles. The van der Waals surface area contributed by atoms with E-state index >= 15 is 0 Å². The zero-order valence-corrected chi connectivity index (χ0v) is 12.9. The van der Waals surface area contributed by atoms with E-state index in [0.717, 1.165) is 21.6 Å². The lowest BCUT2D eigenvalue weighted by molar-refractivity contribution is 0.596. The van der Waals surface area contributed by atoms with Gasteiger partial charge in [-0.05, 0) is 52.3 Å². The molecule has 0 bridgehead atoms. The summed E-state index contributed by atoms with van der Waals surface area (Å²) in [5.74, 6) is -0.210. The van der Waals surface area contributed by atoms with Crippen molar-refractivity contribution in [1.29, 1.82) is 0 Å². The molecule has 100 valence electrons. The second-order valence-corrected chi connectivity index (χ2v) is 5.82. The molecule has 19 heavy (non-hydrogen) atoms. The van der Waals surface area contributed by atoms with Gasteiger partial charge in [0.25, 0.3) is 0 Å². The highest BCUT2D eigenvalue weighted by atomic mass is 79.9. The van der Waals surface area contributed by atoms with Gasteiger partial charge in [-0.1, -0.05) is 24.8 Å². The summed E-state index contributed by atoms with van der Waals surface area (Å²) in [7, 11) is 0. The number of aromatic nitrogens is 1. The predicted molar refractivity (Wildman–Crippen MR) is 79.8 cm³/mol. The second-order valence-electron chi connectivity index (χ2n) is 3.94. The highest BCUT2D eigenvalue weighted by Gasteiger charge is 2.08. The van der Waals surface area contributed by atoms with Gasteiger partial charge in [-0.15, -0.1) is 0 Å². The van der Waals surface area contributed by atoms with Crippen LogP contribution < -0.4 is 5.32 Å². The molecule has 0 spiro atoms. The van der Waals surface area contributed by atoms with Gasteiger partial charge < -0.3 is 5.32 Å². The van der Waals surface area contributed by atoms with E-state index in [2.05, 4.69) is 26.2 Å². The summed E-state index contributed by atoms with van der Waals surface area (Å²) >= 11 is 4.73. The molecule has 0 saturated heterocycles. The lowest BCUT2D eigenvalue weighted by Gasteiger charge is -2.07. The molecule has 2 aromatic rings. The number of rotatable bonds is 5. The van der Waals surface area contributed by atoms with Crippen LogP contribution in [0.3, 0.4) is 0 Å². The number of halogens is 2. The van der Waals surface area contributed by atoms with Crippen molar-refractivity contribution in [3.63, 3.8) is 0 Å². The van der Waals surface area contributed by atoms with Crippen molar-refractivity contribution >= 4 is 27.7 Å². The molecule has 2 nitrogen and oxygen atoms in total. The first kappa shape index (κ1) is 14.5. The predicted octanol–water partition coefficient (Wildman–Crippen LogP) is 4.24. The highest BCUT2D eigenvalue weighted by Crippen LogP contribution is 2.33. The van der Waals surface area contributed by atoms with E-state index in [-0.39, 0.29) is 5.82 Å². The van der Waals surface area contributed by atoms with E-state index < -0.39 is 0 Å². The van der Waals surface area contributed by atoms with Crippen molar-refractivity contribution in [2.24, 2.45) is 0 Å². The number of hydrogen-bond donors (Lipinski definition) is 1. The van der Waals surface area contributed by atoms with E-state index in [1.54, 1.807) is 18.3 Å². The number of benzene rings is 1. The van der Waals surface area contributed by atoms with Crippen LogP contribution >= 0.6 is 27.7 Å². The number of nitrogens with zero attached hydrogens (tertiary/aromatic N) is 1. The van der Waals surface area contributed by atoms with Gasteiger partial charge in [-0.2, -0.15) is 0 Å². The Morgan fingerprint density at radius 3 is 2.89 bits per heavy atom. The monoisotopic (exact) mass is 340 g/mol. The first-order chi connectivity index (χ1) is 9.20. The molecule has 0 aliphatic heterocycles. The van der Waals surface area contributed by atoms with Gasteiger partial charge in [0.1, 0.15) is 10.8 Å². The normalized spacial score (nSPS) is 10.7. The first-order valence-electron chi connectivity index (χ1n) is 5.98. The Bertz CT molecular complexity index is 563. The van der Waals surface area contributed by atoms with Crippen LogP contribution in [0.1, 0.15) is 12.5 Å². The standard InChI is InChI=1S/C14H14BrFN2S/c1-2-17-9-10-5-6-13(12(16)8-10)19-14-11(15)4-3-7-18-14/h3-8,17H,2,9H2,1H3. The van der Waals surface area contributed by atoms with Crippen LogP contribution in [0.4, 0.5) is 4.39 Å². The second kappa shape index (κ2) is 7.03. The van der Waals surface area contributed by atoms with Crippen LogP contribution in [0.25, 0.3) is 0 Å². The summed E-state index contributed by atoms with van der Waals surface area (Å²) in [6.45, 7) is 3.59. The van der Waals surface area contributed by atoms with Crippen LogP contribution in [0, 0.1) is 5.82 Å². The van der Waals surface area contributed by atoms with E-state index in [4.69, 9.17) is 0 Å². The minimum Gasteiger partial charge on any atom is -0.313 e. The molecule has 1 aromatic heterocycles. The summed E-state index contributed by atoms with van der Waals surface area (Å²) in [5, 5.41) is 3.94. The van der Waals surface area contributed by atoms with E-state index in [0.29, 0.717) is 11.4 Å². The molecule has 2 rings (SSSR count). The highest BCUT2D eigenvalue weighted by molar-refractivity contribution is 9.10. The third kappa shape index (κ3) is 4.03. The molecule has 0 unspecified atom stereocenters. The SMILES string of the molecule is CCNCc1ccc(Sc2ncccc2Br)c(F)c1. The fourth-order valence-electron chi connectivity index (χ4n) is 1.56. The molecule has 0 atom stereocenters. The lowest BCUT2D eigenvalue weighted by atomic mass is 10.2. The third-order valence-electron chi connectivity index (χ3n) is 2.51. The van der Waals surface area contributed by atoms with Crippen molar-refractivity contribution in [2.45, 2.75) is 23.4 Å². The summed E-state index contributed by atoms with van der Waals surface area (Å²) in [4.78, 5) is 4.81. The third-order valence-corrected chi connectivity index (χ3v) is 4.48. The molecule has 5 heteroatoms. The molecular weight excluding hydrogens is 327 g/mol. The Labute approximate surface area is 125 Å². The molecule has 1 aromatic carbocycles. The average molecular weight is 341 g/mol. The molecular formula is C14H14BrFN2S. The van der Waals surface area contributed by atoms with Crippen molar-refractivity contribution in [3.05, 3.63) is 52.4 Å². The van der Waals surface area contributed by atoms with Gasteiger partial charge in [0.05, 0.1) is 4.47 Å². The smallest absolute Gasteiger partial charge is 0.137 e. The van der Waals surface area contributed by atoms with Gasteiger partial charge in [-0.25, -0.2) is 9.37 Å². The Morgan fingerprint density at radius 2 is 2.21 bits per heavy atom. The largest absolute Gasteiger partial charge is 0.313 e. The zero-order valence-electron chi connectivity index (χ0n) is 10.5. The summed E-state index contributed by atoms with van der Waals surface area (Å²) in [5.41, 5.74) is 0.948. The first-order valence-corrected chi connectivity index (χ1v) is 7.59. The number of pyridine rings is 1. The van der Waals surface area contributed by atoms with Crippen molar-refractivity contribution in [2.75, 3.05) is 6.54 Å². The Morgan fingerprint density at radius 1 is 1.37 bits per heavy atom. The molecule has 0 amide bonds. The van der Waals surface area contributed by atoms with E-state index in [1.807, 2.05) is 25.1 Å². The van der Waals surface area contributed by atoms with Crippen LogP contribution in [0.2, 0.25) is 0 Å². The fourth-order valence-corrected chi connectivity index (χ4v) is 2.83. The van der Waals surface area contributed by atoms with E-state index in [1.165, 1.54) is 11.8 Å². The van der Waals surface area contributed by atoms with Crippen LogP contribution in [0.15, 0.2) is 50.9 Å². The van der Waals surface area contributed by atoms with Crippen molar-refractivity contribution in [1.82, 2.24) is 10.3 Å². The molecule has 0 fully saturated rings. The maximum atomic E-state index is 14.0. The van der Waals surface area contributed by atoms with E-state index in [9.17, 15) is 4.39 Å². The summed E-state index contributed by atoms with van der Waals surface area (Å²) in [6.07, 6.45) is 1.70. The van der Waals surface area contributed by atoms with Crippen LogP contribution in [-0.4, -0.2) is 11.5 Å². The van der Waals surface area contributed by atoms with Gasteiger partial charge in [-0.3, -0.25) is 0 Å². The Kier molecular flexibility index (Phi) is 5.36.